The van der Waals surface area contributed by atoms with E-state index in [4.69, 9.17) is 10.8 Å². The summed E-state index contributed by atoms with van der Waals surface area (Å²) < 4.78 is 17.7. The van der Waals surface area contributed by atoms with E-state index in [1.165, 1.54) is 36.0 Å². The quantitative estimate of drug-likeness (QED) is 0.417. The van der Waals surface area contributed by atoms with Crippen LogP contribution in [0.4, 0.5) is 10.2 Å². The van der Waals surface area contributed by atoms with E-state index in [1.54, 1.807) is 6.07 Å². The third-order valence-corrected chi connectivity index (χ3v) is 7.60. The zero-order chi connectivity index (χ0) is 23.0. The zero-order valence-electron chi connectivity index (χ0n) is 18.4. The number of aromatic nitrogens is 5. The highest BCUT2D eigenvalue weighted by atomic mass is 19.1. The standard InChI is InChI=1S/C26H23FN6O/c27-19-10-17-7-8-32(20(17)12-22(19)34)26-23-24(28)29-13-30-25(23)33(31-26)21-11-18(21)16-6-5-14-3-1-2-4-15(14)9-16/h1-4,7-8,10,12-13,16,18,21,34H,5-6,9,11H2,(H2,28,29,30). The van der Waals surface area contributed by atoms with Crippen molar-refractivity contribution in [2.75, 3.05) is 5.73 Å². The number of hydrogen-bond donors (Lipinski definition) is 2. The van der Waals surface area contributed by atoms with Crippen molar-refractivity contribution in [3.8, 4) is 11.6 Å². The molecular weight excluding hydrogens is 431 g/mol. The maximum absolute atomic E-state index is 13.9. The van der Waals surface area contributed by atoms with Crippen molar-refractivity contribution in [1.82, 2.24) is 24.3 Å². The van der Waals surface area contributed by atoms with E-state index in [2.05, 4.69) is 34.2 Å². The van der Waals surface area contributed by atoms with E-state index in [1.807, 2.05) is 15.4 Å². The molecule has 34 heavy (non-hydrogen) atoms. The highest BCUT2D eigenvalue weighted by Crippen LogP contribution is 2.53. The summed E-state index contributed by atoms with van der Waals surface area (Å²) >= 11 is 0. The molecule has 2 aromatic carbocycles. The van der Waals surface area contributed by atoms with Crippen LogP contribution in [0.25, 0.3) is 27.8 Å². The maximum atomic E-state index is 13.9. The predicted molar refractivity (Wildman–Crippen MR) is 127 cm³/mol. The molecule has 1 fully saturated rings. The molecule has 1 saturated carbocycles. The van der Waals surface area contributed by atoms with Gasteiger partial charge in [0.05, 0.1) is 11.6 Å². The zero-order valence-corrected chi connectivity index (χ0v) is 18.4. The Labute approximate surface area is 194 Å². The van der Waals surface area contributed by atoms with Gasteiger partial charge in [-0.3, -0.25) is 4.57 Å². The number of halogens is 1. The monoisotopic (exact) mass is 454 g/mol. The van der Waals surface area contributed by atoms with Crippen LogP contribution in [0.1, 0.15) is 30.0 Å². The van der Waals surface area contributed by atoms with Crippen LogP contribution in [-0.2, 0) is 12.8 Å². The van der Waals surface area contributed by atoms with Crippen LogP contribution in [-0.4, -0.2) is 29.4 Å². The lowest BCUT2D eigenvalue weighted by molar-refractivity contribution is 0.379. The number of nitrogens with two attached hydrogens (primary N) is 1. The summed E-state index contributed by atoms with van der Waals surface area (Å²) in [5.41, 5.74) is 10.6. The number of phenolic OH excluding ortho intramolecular Hbond substituents is 1. The summed E-state index contributed by atoms with van der Waals surface area (Å²) in [7, 11) is 0. The minimum absolute atomic E-state index is 0.258. The summed E-state index contributed by atoms with van der Waals surface area (Å²) in [6, 6.07) is 13.5. The van der Waals surface area contributed by atoms with Crippen molar-refractivity contribution >= 4 is 27.8 Å². The van der Waals surface area contributed by atoms with Gasteiger partial charge in [0, 0.05) is 17.6 Å². The lowest BCUT2D eigenvalue weighted by atomic mass is 9.81. The van der Waals surface area contributed by atoms with Gasteiger partial charge in [0.2, 0.25) is 0 Å². The van der Waals surface area contributed by atoms with Crippen LogP contribution in [0.15, 0.2) is 55.0 Å². The Morgan fingerprint density at radius 3 is 2.82 bits per heavy atom. The van der Waals surface area contributed by atoms with Crippen molar-refractivity contribution in [2.45, 2.75) is 31.7 Å². The number of rotatable bonds is 3. The number of aryl methyl sites for hydroxylation is 1. The summed E-state index contributed by atoms with van der Waals surface area (Å²) in [5, 5.41) is 16.3. The molecule has 0 amide bonds. The summed E-state index contributed by atoms with van der Waals surface area (Å²) in [4.78, 5) is 8.75. The second-order valence-electron chi connectivity index (χ2n) is 9.51. The van der Waals surface area contributed by atoms with Gasteiger partial charge in [-0.2, -0.15) is 5.10 Å². The number of anilines is 1. The van der Waals surface area contributed by atoms with Gasteiger partial charge in [0.15, 0.2) is 23.0 Å². The summed E-state index contributed by atoms with van der Waals surface area (Å²) in [5.74, 6) is 1.05. The molecule has 3 unspecified atom stereocenters. The van der Waals surface area contributed by atoms with Gasteiger partial charge in [-0.1, -0.05) is 24.3 Å². The molecule has 8 heteroatoms. The Balaban J connectivity index is 1.30. The van der Waals surface area contributed by atoms with E-state index in [0.717, 1.165) is 19.3 Å². The van der Waals surface area contributed by atoms with Crippen LogP contribution >= 0.6 is 0 Å². The smallest absolute Gasteiger partial charge is 0.172 e. The van der Waals surface area contributed by atoms with Crippen LogP contribution in [0.5, 0.6) is 5.75 Å². The van der Waals surface area contributed by atoms with Crippen molar-refractivity contribution < 1.29 is 9.50 Å². The fraction of sp³-hybridized carbons (Fsp3) is 0.269. The number of nitrogens with zero attached hydrogens (tertiary/aromatic N) is 5. The molecule has 0 bridgehead atoms. The normalized spacial score (nSPS) is 21.7. The topological polar surface area (TPSA) is 94.8 Å². The number of aromatic hydroxyl groups is 1. The van der Waals surface area contributed by atoms with Gasteiger partial charge in [-0.05, 0) is 60.8 Å². The third-order valence-electron chi connectivity index (χ3n) is 7.60. The first-order chi connectivity index (χ1) is 16.6. The summed E-state index contributed by atoms with van der Waals surface area (Å²) in [6.07, 6.45) is 7.76. The Bertz CT molecular complexity index is 1590. The molecule has 0 spiro atoms. The molecule has 2 aliphatic rings. The largest absolute Gasteiger partial charge is 0.505 e. The molecular formula is C26H23FN6O. The van der Waals surface area contributed by atoms with E-state index in [0.29, 0.717) is 45.4 Å². The Hall–Kier alpha value is -3.94. The van der Waals surface area contributed by atoms with Gasteiger partial charge in [-0.15, -0.1) is 0 Å². The van der Waals surface area contributed by atoms with Gasteiger partial charge in [0.25, 0.3) is 0 Å². The van der Waals surface area contributed by atoms with Crippen LogP contribution in [0, 0.1) is 17.7 Å². The van der Waals surface area contributed by atoms with Crippen molar-refractivity contribution in [2.24, 2.45) is 11.8 Å². The van der Waals surface area contributed by atoms with Gasteiger partial charge in [-0.25, -0.2) is 19.0 Å². The maximum Gasteiger partial charge on any atom is 0.172 e. The first kappa shape index (κ1) is 19.5. The fourth-order valence-electron chi connectivity index (χ4n) is 5.78. The highest BCUT2D eigenvalue weighted by Gasteiger charge is 2.46. The first-order valence-electron chi connectivity index (χ1n) is 11.6. The molecule has 2 aliphatic carbocycles. The van der Waals surface area contributed by atoms with Crippen molar-refractivity contribution in [1.29, 1.82) is 0 Å². The molecule has 170 valence electrons. The fourth-order valence-corrected chi connectivity index (χ4v) is 5.78. The molecule has 0 aliphatic heterocycles. The molecule has 7 rings (SSSR count). The minimum atomic E-state index is -0.654. The number of fused-ring (bicyclic) bond motifs is 3. The second kappa shape index (κ2) is 7.03. The SMILES string of the molecule is Nc1ncnc2c1c(-n1ccc3cc(F)c(O)cc31)nn2C1CC1C1CCc2ccccc2C1. The van der Waals surface area contributed by atoms with Gasteiger partial charge < -0.3 is 10.8 Å². The molecule has 7 nitrogen and oxygen atoms in total. The average Bonchev–Trinajstić information content (AvgIpc) is 3.40. The van der Waals surface area contributed by atoms with Crippen LogP contribution in [0.2, 0.25) is 0 Å². The third kappa shape index (κ3) is 2.84. The van der Waals surface area contributed by atoms with Crippen molar-refractivity contribution in [3.63, 3.8) is 0 Å². The predicted octanol–water partition coefficient (Wildman–Crippen LogP) is 4.56. The van der Waals surface area contributed by atoms with E-state index < -0.39 is 11.6 Å². The van der Waals surface area contributed by atoms with Crippen LogP contribution < -0.4 is 5.73 Å². The van der Waals surface area contributed by atoms with E-state index >= 15 is 0 Å². The minimum Gasteiger partial charge on any atom is -0.505 e. The Morgan fingerprint density at radius 2 is 1.94 bits per heavy atom. The van der Waals surface area contributed by atoms with Crippen LogP contribution in [0.3, 0.4) is 0 Å². The summed E-state index contributed by atoms with van der Waals surface area (Å²) in [6.45, 7) is 0. The van der Waals surface area contributed by atoms with Gasteiger partial charge >= 0.3 is 0 Å². The molecule has 3 atom stereocenters. The average molecular weight is 455 g/mol. The van der Waals surface area contributed by atoms with Gasteiger partial charge in [0.1, 0.15) is 17.5 Å². The lowest BCUT2D eigenvalue weighted by Gasteiger charge is -2.24. The number of benzene rings is 2. The molecule has 3 aromatic heterocycles. The van der Waals surface area contributed by atoms with E-state index in [9.17, 15) is 9.50 Å². The number of hydrogen-bond acceptors (Lipinski definition) is 5. The number of phenols is 1. The van der Waals surface area contributed by atoms with Crippen molar-refractivity contribution in [3.05, 3.63) is 71.9 Å². The molecule has 3 N–H and O–H groups in total. The Morgan fingerprint density at radius 1 is 1.09 bits per heavy atom. The molecule has 5 aromatic rings. The molecule has 0 radical (unpaired) electrons. The first-order valence-corrected chi connectivity index (χ1v) is 11.6. The lowest BCUT2D eigenvalue weighted by Crippen LogP contribution is -2.17. The number of nitrogen functional groups attached to an aromatic ring is 1. The molecule has 0 saturated heterocycles. The highest BCUT2D eigenvalue weighted by molar-refractivity contribution is 5.95. The second-order valence-corrected chi connectivity index (χ2v) is 9.51. The van der Waals surface area contributed by atoms with E-state index in [-0.39, 0.29) is 6.04 Å². The molecule has 3 heterocycles. The Kier molecular flexibility index (Phi) is 4.04.